The first-order valence-corrected chi connectivity index (χ1v) is 14.3. The zero-order valence-electron chi connectivity index (χ0n) is 23.4. The number of anilines is 1. The number of halogens is 5. The van der Waals surface area contributed by atoms with E-state index in [9.17, 15) is 22.4 Å². The number of nitrogens with zero attached hydrogens (tertiary/aromatic N) is 4. The maximum atomic E-state index is 16.3. The first-order valence-electron chi connectivity index (χ1n) is 14.3. The van der Waals surface area contributed by atoms with Gasteiger partial charge >= 0.3 is 0 Å². The Kier molecular flexibility index (Phi) is 7.17. The van der Waals surface area contributed by atoms with Crippen molar-refractivity contribution in [1.29, 1.82) is 0 Å². The number of alkyl halides is 4. The number of carbonyl (C=O) groups is 1. The smallest absolute Gasteiger partial charge is 0.282 e. The van der Waals surface area contributed by atoms with Crippen molar-refractivity contribution < 1.29 is 36.0 Å². The van der Waals surface area contributed by atoms with Crippen LogP contribution in [0.1, 0.15) is 81.6 Å². The predicted molar refractivity (Wildman–Crippen MR) is 141 cm³/mol. The minimum Gasteiger partial charge on any atom is -0.381 e. The molecule has 3 fully saturated rings. The Morgan fingerprint density at radius 1 is 1.05 bits per heavy atom. The number of aromatic nitrogens is 4. The number of aromatic amines is 1. The van der Waals surface area contributed by atoms with Crippen LogP contribution in [0.15, 0.2) is 16.7 Å². The van der Waals surface area contributed by atoms with E-state index >= 15 is 4.39 Å². The molecule has 1 aromatic carbocycles. The largest absolute Gasteiger partial charge is 0.381 e. The fourth-order valence-electron chi connectivity index (χ4n) is 6.33. The lowest BCUT2D eigenvalue weighted by Crippen LogP contribution is -2.63. The molecular weight excluding hydrogens is 563 g/mol. The normalized spacial score (nSPS) is 22.7. The van der Waals surface area contributed by atoms with Crippen molar-refractivity contribution >= 4 is 22.9 Å². The van der Waals surface area contributed by atoms with E-state index < -0.39 is 48.1 Å². The van der Waals surface area contributed by atoms with Gasteiger partial charge in [0.15, 0.2) is 5.82 Å². The van der Waals surface area contributed by atoms with Crippen LogP contribution >= 0.6 is 0 Å². The molecule has 2 N–H and O–H groups in total. The van der Waals surface area contributed by atoms with Crippen molar-refractivity contribution in [1.82, 2.24) is 25.0 Å². The molecule has 4 heterocycles. The molecule has 2 aromatic heterocycles. The molecule has 1 aliphatic carbocycles. The number of H-pyrrole nitrogens is 1. The number of ether oxygens (including phenoxy) is 1. The van der Waals surface area contributed by atoms with Crippen molar-refractivity contribution in [2.24, 2.45) is 5.92 Å². The Labute approximate surface area is 238 Å². The van der Waals surface area contributed by atoms with Gasteiger partial charge in [-0.3, -0.25) is 4.79 Å². The minimum atomic E-state index is -2.96. The molecule has 6 rings (SSSR count). The van der Waals surface area contributed by atoms with Gasteiger partial charge in [-0.25, -0.2) is 26.9 Å². The van der Waals surface area contributed by atoms with Crippen molar-refractivity contribution in [2.75, 3.05) is 31.6 Å². The third-order valence-corrected chi connectivity index (χ3v) is 8.76. The molecule has 0 radical (unpaired) electrons. The molecule has 2 aliphatic heterocycles. The molecule has 1 saturated carbocycles. The zero-order valence-corrected chi connectivity index (χ0v) is 23.4. The summed E-state index contributed by atoms with van der Waals surface area (Å²) in [7, 11) is 0. The van der Waals surface area contributed by atoms with Crippen molar-refractivity contribution in [2.45, 2.75) is 81.6 Å². The van der Waals surface area contributed by atoms with E-state index in [0.717, 1.165) is 4.90 Å². The quantitative estimate of drug-likeness (QED) is 0.336. The third kappa shape index (κ3) is 5.22. The Morgan fingerprint density at radius 3 is 2.36 bits per heavy atom. The average molecular weight is 597 g/mol. The minimum absolute atomic E-state index is 0.0266. The lowest BCUT2D eigenvalue weighted by molar-refractivity contribution is -0.174. The number of hydrogen-bond donors (Lipinski definition) is 2. The highest BCUT2D eigenvalue weighted by Gasteiger charge is 2.54. The third-order valence-electron chi connectivity index (χ3n) is 8.76. The molecule has 228 valence electrons. The maximum Gasteiger partial charge on any atom is 0.282 e. The topological polar surface area (TPSA) is 109 Å². The summed E-state index contributed by atoms with van der Waals surface area (Å²) in [5, 5.41) is 7.14. The van der Waals surface area contributed by atoms with Gasteiger partial charge in [0.2, 0.25) is 17.7 Å². The number of likely N-dealkylation sites (tertiary alicyclic amines) is 1. The van der Waals surface area contributed by atoms with Crippen LogP contribution < -0.4 is 5.32 Å². The van der Waals surface area contributed by atoms with Crippen LogP contribution in [0.2, 0.25) is 0 Å². The molecular formula is C28H33F5N6O3. The molecule has 1 atom stereocenters. The molecule has 0 spiro atoms. The van der Waals surface area contributed by atoms with Crippen molar-refractivity contribution in [3.8, 4) is 0 Å². The van der Waals surface area contributed by atoms with Gasteiger partial charge in [-0.05, 0) is 42.8 Å². The number of hydrogen-bond acceptors (Lipinski definition) is 7. The van der Waals surface area contributed by atoms with Crippen LogP contribution in [-0.2, 0) is 14.9 Å². The molecule has 0 bridgehead atoms. The van der Waals surface area contributed by atoms with Gasteiger partial charge < -0.3 is 24.5 Å². The van der Waals surface area contributed by atoms with Crippen molar-refractivity contribution in [3.05, 3.63) is 35.2 Å². The summed E-state index contributed by atoms with van der Waals surface area (Å²) >= 11 is 0. The number of fused-ring (bicyclic) bond motifs is 1. The summed E-state index contributed by atoms with van der Waals surface area (Å²) < 4.78 is 82.4. The van der Waals surface area contributed by atoms with Gasteiger partial charge in [-0.2, -0.15) is 4.98 Å². The number of nitrogens with one attached hydrogen (secondary N) is 2. The Bertz CT molecular complexity index is 1450. The van der Waals surface area contributed by atoms with Gasteiger partial charge in [-0.15, -0.1) is 0 Å². The van der Waals surface area contributed by atoms with E-state index in [4.69, 9.17) is 9.26 Å². The van der Waals surface area contributed by atoms with Gasteiger partial charge in [0, 0.05) is 37.5 Å². The number of amides is 1. The fourth-order valence-corrected chi connectivity index (χ4v) is 6.33. The van der Waals surface area contributed by atoms with Crippen LogP contribution in [0.25, 0.3) is 11.0 Å². The van der Waals surface area contributed by atoms with Crippen LogP contribution in [0.3, 0.4) is 0 Å². The highest BCUT2D eigenvalue weighted by Crippen LogP contribution is 2.44. The summed E-state index contributed by atoms with van der Waals surface area (Å²) in [6.45, 7) is 2.74. The summed E-state index contributed by atoms with van der Waals surface area (Å²) in [5.74, 6) is -6.42. The maximum absolute atomic E-state index is 16.3. The first kappa shape index (κ1) is 28.8. The van der Waals surface area contributed by atoms with Gasteiger partial charge in [0.25, 0.3) is 11.9 Å². The summed E-state index contributed by atoms with van der Waals surface area (Å²) in [5.41, 5.74) is -0.964. The molecule has 3 aromatic rings. The van der Waals surface area contributed by atoms with E-state index in [1.807, 2.05) is 13.8 Å². The monoisotopic (exact) mass is 596 g/mol. The lowest BCUT2D eigenvalue weighted by Gasteiger charge is -2.46. The van der Waals surface area contributed by atoms with Crippen molar-refractivity contribution in [3.63, 3.8) is 0 Å². The Morgan fingerprint density at radius 2 is 1.74 bits per heavy atom. The summed E-state index contributed by atoms with van der Waals surface area (Å²) in [6, 6.07) is 2.45. The number of carbonyl (C=O) groups excluding carboxylic acids is 1. The van der Waals surface area contributed by atoms with Crippen LogP contribution in [0.5, 0.6) is 0 Å². The summed E-state index contributed by atoms with van der Waals surface area (Å²) in [4.78, 5) is 26.7. The van der Waals surface area contributed by atoms with E-state index in [0.29, 0.717) is 17.2 Å². The fraction of sp³-hybridized carbons (Fsp3) is 0.643. The Balaban J connectivity index is 1.36. The predicted octanol–water partition coefficient (Wildman–Crippen LogP) is 5.71. The highest BCUT2D eigenvalue weighted by atomic mass is 19.3. The van der Waals surface area contributed by atoms with E-state index in [1.54, 1.807) is 6.07 Å². The van der Waals surface area contributed by atoms with E-state index in [-0.39, 0.29) is 80.6 Å². The van der Waals surface area contributed by atoms with Gasteiger partial charge in [0.1, 0.15) is 11.3 Å². The number of benzene rings is 1. The van der Waals surface area contributed by atoms with Crippen LogP contribution in [0, 0.1) is 11.7 Å². The molecule has 1 amide bonds. The molecule has 42 heavy (non-hydrogen) atoms. The molecule has 9 nitrogen and oxygen atoms in total. The molecule has 14 heteroatoms. The number of rotatable bonds is 7. The number of imidazole rings is 1. The second-order valence-corrected chi connectivity index (χ2v) is 12.1. The van der Waals surface area contributed by atoms with Gasteiger partial charge in [-0.1, -0.05) is 19.9 Å². The van der Waals surface area contributed by atoms with E-state index in [1.165, 1.54) is 6.07 Å². The lowest BCUT2D eigenvalue weighted by atomic mass is 9.72. The second-order valence-electron chi connectivity index (χ2n) is 12.1. The van der Waals surface area contributed by atoms with Gasteiger partial charge in [0.05, 0.1) is 30.1 Å². The first-order chi connectivity index (χ1) is 19.9. The molecule has 2 saturated heterocycles. The average Bonchev–Trinajstić information content (AvgIpc) is 3.59. The Hall–Kier alpha value is -3.29. The zero-order chi connectivity index (χ0) is 29.9. The summed E-state index contributed by atoms with van der Waals surface area (Å²) in [6.07, 6.45) is 0.0969. The standard InChI is InChI=1S/C28H33F5N6O3/c1-15(2)23-37-25(38-42-23)36-20(16-5-7-27(30,31)8-6-16)22-34-18-4-3-17(19(29)21(18)35-22)26(9-11-41-12-10-26)24(40)39-13-28(32,33)14-39/h3-4,15-16,20H,5-14H2,1-2H3,(H,34,35)(H,36,38)/t20-/m0/s1. The van der Waals surface area contributed by atoms with E-state index in [2.05, 4.69) is 25.4 Å². The second kappa shape index (κ2) is 10.5. The SMILES string of the molecule is CC(C)c1nc(N[C@H](c2nc3c(F)c(C4(C(=O)N5CC(F)(F)C5)CCOCC4)ccc3[nH]2)C2CCC(F)(F)CC2)no1. The highest BCUT2D eigenvalue weighted by molar-refractivity contribution is 5.91. The van der Waals surface area contributed by atoms with Crippen LogP contribution in [-0.4, -0.2) is 69.1 Å². The van der Waals surface area contributed by atoms with Crippen LogP contribution in [0.4, 0.5) is 27.9 Å². The molecule has 0 unspecified atom stereocenters. The molecule has 3 aliphatic rings.